The van der Waals surface area contributed by atoms with Gasteiger partial charge in [0, 0.05) is 25.8 Å². The largest absolute Gasteiger partial charge is 0.384 e. The highest BCUT2D eigenvalue weighted by Crippen LogP contribution is 2.29. The summed E-state index contributed by atoms with van der Waals surface area (Å²) in [4.78, 5) is 12.3. The van der Waals surface area contributed by atoms with E-state index in [0.29, 0.717) is 31.6 Å². The van der Waals surface area contributed by atoms with Crippen LogP contribution in [-0.4, -0.2) is 32.7 Å². The van der Waals surface area contributed by atoms with Crippen molar-refractivity contribution in [2.75, 3.05) is 32.1 Å². The van der Waals surface area contributed by atoms with E-state index in [9.17, 15) is 18.0 Å². The van der Waals surface area contributed by atoms with E-state index in [2.05, 4.69) is 10.6 Å². The van der Waals surface area contributed by atoms with E-state index in [4.69, 9.17) is 4.74 Å². The topological polar surface area (TPSA) is 50.4 Å². The van der Waals surface area contributed by atoms with Gasteiger partial charge in [-0.05, 0) is 13.0 Å². The Morgan fingerprint density at radius 1 is 1.35 bits per heavy atom. The van der Waals surface area contributed by atoms with Crippen molar-refractivity contribution in [3.05, 3.63) is 29.6 Å². The normalized spacial score (nSPS) is 22.0. The average Bonchev–Trinajstić information content (AvgIpc) is 2.86. The molecule has 0 saturated carbocycles. The van der Waals surface area contributed by atoms with E-state index in [0.717, 1.165) is 0 Å². The smallest absolute Gasteiger partial charge is 0.234 e. The summed E-state index contributed by atoms with van der Waals surface area (Å²) in [6.45, 7) is 1.19. The number of carbonyl (C=O) groups is 1. The molecule has 2 N–H and O–H groups in total. The maximum Gasteiger partial charge on any atom is 0.234 e. The number of benzene rings is 1. The third-order valence-electron chi connectivity index (χ3n) is 3.40. The second kappa shape index (κ2) is 5.80. The minimum Gasteiger partial charge on any atom is -0.384 e. The lowest BCUT2D eigenvalue weighted by molar-refractivity contribution is -0.127. The highest BCUT2D eigenvalue weighted by Gasteiger charge is 2.41. The standard InChI is InChI=1S/C13H15F3N2O2/c1-20-7-13(2-3-17-6-13)12(19)18-11-5-9(15)8(14)4-10(11)16/h4-5,17H,2-3,6-7H2,1H3,(H,18,19). The van der Waals surface area contributed by atoms with Gasteiger partial charge in [0.1, 0.15) is 5.82 Å². The van der Waals surface area contributed by atoms with Crippen LogP contribution in [-0.2, 0) is 9.53 Å². The highest BCUT2D eigenvalue weighted by molar-refractivity contribution is 5.96. The predicted molar refractivity (Wildman–Crippen MR) is 66.7 cm³/mol. The maximum absolute atomic E-state index is 13.5. The lowest BCUT2D eigenvalue weighted by Crippen LogP contribution is -2.42. The Hall–Kier alpha value is -1.60. The van der Waals surface area contributed by atoms with Gasteiger partial charge in [0.25, 0.3) is 0 Å². The van der Waals surface area contributed by atoms with E-state index in [1.54, 1.807) is 0 Å². The Morgan fingerprint density at radius 2 is 2.05 bits per heavy atom. The van der Waals surface area contributed by atoms with Crippen LogP contribution in [0.5, 0.6) is 0 Å². The number of carbonyl (C=O) groups excluding carboxylic acids is 1. The fourth-order valence-electron chi connectivity index (χ4n) is 2.28. The summed E-state index contributed by atoms with van der Waals surface area (Å²) >= 11 is 0. The van der Waals surface area contributed by atoms with E-state index < -0.39 is 28.8 Å². The molecule has 2 rings (SSSR count). The number of hydrogen-bond acceptors (Lipinski definition) is 3. The van der Waals surface area contributed by atoms with Gasteiger partial charge in [0.2, 0.25) is 5.91 Å². The average molecular weight is 288 g/mol. The summed E-state index contributed by atoms with van der Waals surface area (Å²) in [5.74, 6) is -4.01. The molecular weight excluding hydrogens is 273 g/mol. The summed E-state index contributed by atoms with van der Waals surface area (Å²) in [6, 6.07) is 1.03. The number of methoxy groups -OCH3 is 1. The van der Waals surface area contributed by atoms with Crippen LogP contribution in [0.25, 0.3) is 0 Å². The molecule has 1 aromatic rings. The third-order valence-corrected chi connectivity index (χ3v) is 3.40. The molecule has 1 heterocycles. The van der Waals surface area contributed by atoms with E-state index in [1.807, 2.05) is 0 Å². The van der Waals surface area contributed by atoms with Crippen LogP contribution >= 0.6 is 0 Å². The van der Waals surface area contributed by atoms with Crippen molar-refractivity contribution >= 4 is 11.6 Å². The second-order valence-electron chi connectivity index (χ2n) is 4.84. The Labute approximate surface area is 114 Å². The Kier molecular flexibility index (Phi) is 4.29. The molecule has 7 heteroatoms. The number of hydrogen-bond donors (Lipinski definition) is 2. The quantitative estimate of drug-likeness (QED) is 0.829. The minimum absolute atomic E-state index is 0.164. The van der Waals surface area contributed by atoms with Crippen molar-refractivity contribution < 1.29 is 22.7 Å². The number of halogens is 3. The van der Waals surface area contributed by atoms with Gasteiger partial charge in [0.05, 0.1) is 17.7 Å². The first-order valence-electron chi connectivity index (χ1n) is 6.14. The Balaban J connectivity index is 2.20. The van der Waals surface area contributed by atoms with Gasteiger partial charge in [-0.15, -0.1) is 0 Å². The van der Waals surface area contributed by atoms with Crippen LogP contribution in [0.15, 0.2) is 12.1 Å². The lowest BCUT2D eigenvalue weighted by atomic mass is 9.87. The van der Waals surface area contributed by atoms with Crippen molar-refractivity contribution in [2.24, 2.45) is 5.41 Å². The van der Waals surface area contributed by atoms with Gasteiger partial charge in [-0.1, -0.05) is 0 Å². The molecule has 1 aromatic carbocycles. The lowest BCUT2D eigenvalue weighted by Gasteiger charge is -2.26. The molecule has 110 valence electrons. The summed E-state index contributed by atoms with van der Waals surface area (Å²) in [6.07, 6.45) is 0.526. The molecule has 0 bridgehead atoms. The number of anilines is 1. The van der Waals surface area contributed by atoms with Crippen LogP contribution in [0, 0.1) is 22.9 Å². The number of ether oxygens (including phenoxy) is 1. The Bertz CT molecular complexity index is 517. The highest BCUT2D eigenvalue weighted by atomic mass is 19.2. The molecular formula is C13H15F3N2O2. The third kappa shape index (κ3) is 2.78. The molecule has 1 fully saturated rings. The van der Waals surface area contributed by atoms with Gasteiger partial charge in [0.15, 0.2) is 11.6 Å². The van der Waals surface area contributed by atoms with Gasteiger partial charge < -0.3 is 15.4 Å². The molecule has 1 amide bonds. The number of nitrogens with one attached hydrogen (secondary N) is 2. The monoisotopic (exact) mass is 288 g/mol. The Morgan fingerprint density at radius 3 is 2.65 bits per heavy atom. The number of amides is 1. The summed E-state index contributed by atoms with van der Waals surface area (Å²) in [5.41, 5.74) is -1.21. The second-order valence-corrected chi connectivity index (χ2v) is 4.84. The molecule has 0 radical (unpaired) electrons. The maximum atomic E-state index is 13.5. The SMILES string of the molecule is COCC1(C(=O)Nc2cc(F)c(F)cc2F)CCNC1. The molecule has 4 nitrogen and oxygen atoms in total. The zero-order chi connectivity index (χ0) is 14.8. The van der Waals surface area contributed by atoms with Crippen LogP contribution in [0.2, 0.25) is 0 Å². The first-order valence-corrected chi connectivity index (χ1v) is 6.14. The van der Waals surface area contributed by atoms with Crippen LogP contribution < -0.4 is 10.6 Å². The molecule has 1 saturated heterocycles. The molecule has 1 atom stereocenters. The van der Waals surface area contributed by atoms with Gasteiger partial charge in [-0.2, -0.15) is 0 Å². The molecule has 20 heavy (non-hydrogen) atoms. The van der Waals surface area contributed by atoms with Crippen molar-refractivity contribution in [1.82, 2.24) is 5.32 Å². The summed E-state index contributed by atoms with van der Waals surface area (Å²) in [5, 5.41) is 5.34. The molecule has 1 aliphatic rings. The van der Waals surface area contributed by atoms with E-state index in [1.165, 1.54) is 7.11 Å². The minimum atomic E-state index is -1.30. The molecule has 0 aromatic heterocycles. The molecule has 0 spiro atoms. The molecule has 1 unspecified atom stereocenters. The van der Waals surface area contributed by atoms with Crippen LogP contribution in [0.1, 0.15) is 6.42 Å². The molecule has 1 aliphatic heterocycles. The van der Waals surface area contributed by atoms with Gasteiger partial charge >= 0.3 is 0 Å². The van der Waals surface area contributed by atoms with Crippen molar-refractivity contribution in [1.29, 1.82) is 0 Å². The predicted octanol–water partition coefficient (Wildman–Crippen LogP) is 1.67. The first-order chi connectivity index (χ1) is 9.48. The van der Waals surface area contributed by atoms with Crippen molar-refractivity contribution in [2.45, 2.75) is 6.42 Å². The zero-order valence-corrected chi connectivity index (χ0v) is 10.9. The van der Waals surface area contributed by atoms with Crippen molar-refractivity contribution in [3.63, 3.8) is 0 Å². The summed E-state index contributed by atoms with van der Waals surface area (Å²) in [7, 11) is 1.46. The van der Waals surface area contributed by atoms with Gasteiger partial charge in [-0.25, -0.2) is 13.2 Å². The van der Waals surface area contributed by atoms with Crippen molar-refractivity contribution in [3.8, 4) is 0 Å². The zero-order valence-electron chi connectivity index (χ0n) is 10.9. The molecule has 0 aliphatic carbocycles. The first kappa shape index (κ1) is 14.8. The van der Waals surface area contributed by atoms with Crippen LogP contribution in [0.3, 0.4) is 0 Å². The van der Waals surface area contributed by atoms with E-state index >= 15 is 0 Å². The van der Waals surface area contributed by atoms with Gasteiger partial charge in [-0.3, -0.25) is 4.79 Å². The van der Waals surface area contributed by atoms with E-state index in [-0.39, 0.29) is 12.3 Å². The van der Waals surface area contributed by atoms with Crippen LogP contribution in [0.4, 0.5) is 18.9 Å². The fourth-order valence-corrected chi connectivity index (χ4v) is 2.28. The number of rotatable bonds is 4. The fraction of sp³-hybridized carbons (Fsp3) is 0.462. The summed E-state index contributed by atoms with van der Waals surface area (Å²) < 4.78 is 44.5.